The molecule has 0 radical (unpaired) electrons. The van der Waals surface area contributed by atoms with E-state index >= 15 is 0 Å². The molecular weight excluding hydrogens is 286 g/mol. The first-order valence-electron chi connectivity index (χ1n) is 8.43. The summed E-state index contributed by atoms with van der Waals surface area (Å²) in [6.07, 6.45) is 8.06. The molecule has 0 atom stereocenters. The van der Waals surface area contributed by atoms with Crippen molar-refractivity contribution in [3.05, 3.63) is 53.9 Å². The molecule has 0 bridgehead atoms. The van der Waals surface area contributed by atoms with E-state index in [1.807, 2.05) is 35.4 Å². The zero-order valence-corrected chi connectivity index (χ0v) is 13.2. The highest BCUT2D eigenvalue weighted by atomic mass is 16.2. The fraction of sp³-hybridized carbons (Fsp3) is 0.368. The van der Waals surface area contributed by atoms with Gasteiger partial charge in [-0.15, -0.1) is 0 Å². The molecule has 1 saturated heterocycles. The lowest BCUT2D eigenvalue weighted by Gasteiger charge is -2.29. The lowest BCUT2D eigenvalue weighted by atomic mass is 10.0. The van der Waals surface area contributed by atoms with Gasteiger partial charge in [-0.1, -0.05) is 18.2 Å². The smallest absolute Gasteiger partial charge is 0.259 e. The van der Waals surface area contributed by atoms with Crippen molar-refractivity contribution >= 4 is 17.3 Å². The number of fused-ring (bicyclic) bond motifs is 1. The summed E-state index contributed by atoms with van der Waals surface area (Å²) in [5.74, 6) is 0.0608. The van der Waals surface area contributed by atoms with Crippen LogP contribution in [-0.2, 0) is 6.42 Å². The van der Waals surface area contributed by atoms with Gasteiger partial charge < -0.3 is 9.80 Å². The van der Waals surface area contributed by atoms with Crippen LogP contribution in [0.1, 0.15) is 35.2 Å². The summed E-state index contributed by atoms with van der Waals surface area (Å²) in [4.78, 5) is 21.5. The van der Waals surface area contributed by atoms with E-state index in [0.29, 0.717) is 5.56 Å². The number of hydrogen-bond donors (Lipinski definition) is 0. The summed E-state index contributed by atoms with van der Waals surface area (Å²) in [5.41, 5.74) is 4.07. The Morgan fingerprint density at radius 3 is 2.70 bits per heavy atom. The Morgan fingerprint density at radius 2 is 1.83 bits per heavy atom. The van der Waals surface area contributed by atoms with Crippen LogP contribution in [-0.4, -0.2) is 30.5 Å². The molecule has 0 N–H and O–H groups in total. The Balaban J connectivity index is 1.64. The van der Waals surface area contributed by atoms with Crippen LogP contribution in [0.3, 0.4) is 0 Å². The molecule has 3 heterocycles. The molecule has 118 valence electrons. The van der Waals surface area contributed by atoms with Crippen molar-refractivity contribution in [2.75, 3.05) is 29.4 Å². The summed E-state index contributed by atoms with van der Waals surface area (Å²) in [7, 11) is 0. The van der Waals surface area contributed by atoms with Crippen LogP contribution in [0.25, 0.3) is 0 Å². The summed E-state index contributed by atoms with van der Waals surface area (Å²) in [6, 6.07) is 10.2. The number of aryl methyl sites for hydroxylation is 1. The fourth-order valence-electron chi connectivity index (χ4n) is 3.59. The van der Waals surface area contributed by atoms with E-state index in [-0.39, 0.29) is 5.91 Å². The number of carbonyl (C=O) groups excluding carboxylic acids is 1. The molecule has 2 aromatic rings. The summed E-state index contributed by atoms with van der Waals surface area (Å²) >= 11 is 0. The molecular formula is C19H21N3O. The zero-order valence-electron chi connectivity index (χ0n) is 13.2. The van der Waals surface area contributed by atoms with E-state index in [1.165, 1.54) is 18.4 Å². The number of anilines is 2. The van der Waals surface area contributed by atoms with Gasteiger partial charge in [0.05, 0.1) is 17.4 Å². The van der Waals surface area contributed by atoms with Crippen LogP contribution in [0.5, 0.6) is 0 Å². The average Bonchev–Trinajstić information content (AvgIpc) is 3.15. The predicted octanol–water partition coefficient (Wildman–Crippen LogP) is 3.27. The first-order valence-corrected chi connectivity index (χ1v) is 8.43. The van der Waals surface area contributed by atoms with Gasteiger partial charge in [-0.25, -0.2) is 0 Å². The number of carbonyl (C=O) groups is 1. The van der Waals surface area contributed by atoms with Gasteiger partial charge in [-0.3, -0.25) is 9.78 Å². The molecule has 1 aromatic carbocycles. The number of amides is 1. The quantitative estimate of drug-likeness (QED) is 0.854. The maximum Gasteiger partial charge on any atom is 0.259 e. The molecule has 2 aliphatic rings. The molecule has 1 aromatic heterocycles. The van der Waals surface area contributed by atoms with Crippen molar-refractivity contribution in [2.45, 2.75) is 25.7 Å². The molecule has 4 rings (SSSR count). The second-order valence-corrected chi connectivity index (χ2v) is 6.32. The second kappa shape index (κ2) is 6.03. The first-order chi connectivity index (χ1) is 11.3. The minimum absolute atomic E-state index is 0.0608. The topological polar surface area (TPSA) is 36.4 Å². The van der Waals surface area contributed by atoms with E-state index in [0.717, 1.165) is 43.9 Å². The van der Waals surface area contributed by atoms with Crippen molar-refractivity contribution in [3.63, 3.8) is 0 Å². The molecule has 23 heavy (non-hydrogen) atoms. The van der Waals surface area contributed by atoms with Gasteiger partial charge in [0.15, 0.2) is 0 Å². The molecule has 0 unspecified atom stereocenters. The largest absolute Gasteiger partial charge is 0.370 e. The summed E-state index contributed by atoms with van der Waals surface area (Å²) in [5, 5.41) is 0. The Hall–Kier alpha value is -2.36. The Kier molecular flexibility index (Phi) is 3.74. The second-order valence-electron chi connectivity index (χ2n) is 6.32. The molecule has 0 saturated carbocycles. The van der Waals surface area contributed by atoms with Gasteiger partial charge in [-0.2, -0.15) is 0 Å². The molecule has 2 aliphatic heterocycles. The minimum atomic E-state index is 0.0608. The first kappa shape index (κ1) is 14.2. The lowest BCUT2D eigenvalue weighted by molar-refractivity contribution is 0.0985. The number of hydrogen-bond acceptors (Lipinski definition) is 3. The van der Waals surface area contributed by atoms with Crippen LogP contribution < -0.4 is 9.80 Å². The molecule has 4 heteroatoms. The summed E-state index contributed by atoms with van der Waals surface area (Å²) in [6.45, 7) is 2.90. The predicted molar refractivity (Wildman–Crippen MR) is 92.1 cm³/mol. The van der Waals surface area contributed by atoms with Gasteiger partial charge in [-0.05, 0) is 43.4 Å². The van der Waals surface area contributed by atoms with Crippen molar-refractivity contribution in [1.82, 2.24) is 4.98 Å². The third kappa shape index (κ3) is 2.69. The third-order valence-electron chi connectivity index (χ3n) is 4.80. The Morgan fingerprint density at radius 1 is 1.00 bits per heavy atom. The number of rotatable bonds is 2. The van der Waals surface area contributed by atoms with Gasteiger partial charge >= 0.3 is 0 Å². The fourth-order valence-corrected chi connectivity index (χ4v) is 3.59. The van der Waals surface area contributed by atoms with Crippen LogP contribution in [0.15, 0.2) is 42.7 Å². The Labute approximate surface area is 136 Å². The molecule has 4 nitrogen and oxygen atoms in total. The number of pyridine rings is 1. The standard InChI is InChI=1S/C19H21N3O/c23-19(22-11-5-7-15-6-1-2-8-18(15)22)16-12-17(14-20-13-16)21-9-3-4-10-21/h1-2,6,8,12-14H,3-5,7,9-11H2. The minimum Gasteiger partial charge on any atom is -0.370 e. The van der Waals surface area contributed by atoms with E-state index in [9.17, 15) is 4.79 Å². The van der Waals surface area contributed by atoms with Crippen molar-refractivity contribution < 1.29 is 4.79 Å². The van der Waals surface area contributed by atoms with Crippen LogP contribution in [0.2, 0.25) is 0 Å². The van der Waals surface area contributed by atoms with Crippen molar-refractivity contribution in [3.8, 4) is 0 Å². The summed E-state index contributed by atoms with van der Waals surface area (Å²) < 4.78 is 0. The molecule has 0 aliphatic carbocycles. The normalized spacial score (nSPS) is 17.2. The highest BCUT2D eigenvalue weighted by Gasteiger charge is 2.24. The van der Waals surface area contributed by atoms with Gasteiger partial charge in [0.2, 0.25) is 0 Å². The monoisotopic (exact) mass is 307 g/mol. The third-order valence-corrected chi connectivity index (χ3v) is 4.80. The number of para-hydroxylation sites is 1. The van der Waals surface area contributed by atoms with E-state index in [4.69, 9.17) is 0 Å². The highest BCUT2D eigenvalue weighted by Crippen LogP contribution is 2.29. The highest BCUT2D eigenvalue weighted by molar-refractivity contribution is 6.07. The maximum absolute atomic E-state index is 13.0. The lowest BCUT2D eigenvalue weighted by Crippen LogP contribution is -2.35. The van der Waals surface area contributed by atoms with E-state index in [1.54, 1.807) is 6.20 Å². The van der Waals surface area contributed by atoms with E-state index in [2.05, 4.69) is 16.0 Å². The Bertz CT molecular complexity index is 722. The zero-order chi connectivity index (χ0) is 15.6. The number of benzene rings is 1. The van der Waals surface area contributed by atoms with Crippen LogP contribution in [0.4, 0.5) is 11.4 Å². The molecule has 1 fully saturated rings. The van der Waals surface area contributed by atoms with E-state index < -0.39 is 0 Å². The van der Waals surface area contributed by atoms with Crippen molar-refractivity contribution in [2.24, 2.45) is 0 Å². The number of nitrogens with zero attached hydrogens (tertiary/aromatic N) is 3. The van der Waals surface area contributed by atoms with Crippen molar-refractivity contribution in [1.29, 1.82) is 0 Å². The SMILES string of the molecule is O=C(c1cncc(N2CCCC2)c1)N1CCCc2ccccc21. The average molecular weight is 307 g/mol. The maximum atomic E-state index is 13.0. The van der Waals surface area contributed by atoms with Gasteiger partial charge in [0.25, 0.3) is 5.91 Å². The number of aromatic nitrogens is 1. The van der Waals surface area contributed by atoms with Gasteiger partial charge in [0.1, 0.15) is 0 Å². The van der Waals surface area contributed by atoms with Gasteiger partial charge in [0, 0.05) is 31.5 Å². The van der Waals surface area contributed by atoms with Crippen LogP contribution >= 0.6 is 0 Å². The van der Waals surface area contributed by atoms with Crippen LogP contribution in [0, 0.1) is 0 Å². The molecule has 0 spiro atoms. The molecule has 1 amide bonds.